The number of benzene rings is 1. The van der Waals surface area contributed by atoms with Crippen LogP contribution in [0.3, 0.4) is 0 Å². The molecule has 6 heteroatoms. The molecule has 0 aliphatic carbocycles. The molecule has 0 amide bonds. The van der Waals surface area contributed by atoms with Crippen molar-refractivity contribution in [2.45, 2.75) is 25.7 Å². The Kier molecular flexibility index (Phi) is 4.37. The first-order valence-electron chi connectivity index (χ1n) is 5.67. The molecule has 3 N–H and O–H groups in total. The van der Waals surface area contributed by atoms with Crippen molar-refractivity contribution in [3.05, 3.63) is 22.8 Å². The van der Waals surface area contributed by atoms with Crippen molar-refractivity contribution in [1.29, 1.82) is 0 Å². The Balaban J connectivity index is 3.47. The van der Waals surface area contributed by atoms with Gasteiger partial charge < -0.3 is 10.8 Å². The molecule has 0 aliphatic heterocycles. The molecule has 0 atom stereocenters. The summed E-state index contributed by atoms with van der Waals surface area (Å²) in [6.45, 7) is 5.15. The first-order valence-corrected chi connectivity index (χ1v) is 7.11. The highest BCUT2D eigenvalue weighted by Gasteiger charge is 2.25. The van der Waals surface area contributed by atoms with Crippen molar-refractivity contribution in [3.8, 4) is 0 Å². The predicted octanol–water partition coefficient (Wildman–Crippen LogP) is 0.807. The lowest BCUT2D eigenvalue weighted by Crippen LogP contribution is -2.31. The molecule has 0 aliphatic rings. The minimum atomic E-state index is -3.61. The van der Waals surface area contributed by atoms with Gasteiger partial charge in [-0.25, -0.2) is 8.42 Å². The zero-order valence-electron chi connectivity index (χ0n) is 11.2. The molecule has 0 radical (unpaired) electrons. The zero-order chi connectivity index (χ0) is 14.1. The molecule has 1 aromatic rings. The highest BCUT2D eigenvalue weighted by molar-refractivity contribution is 7.89. The van der Waals surface area contributed by atoms with Gasteiger partial charge in [-0.1, -0.05) is 6.07 Å². The normalized spacial score (nSPS) is 12.1. The Morgan fingerprint density at radius 2 is 1.83 bits per heavy atom. The minimum absolute atomic E-state index is 0.0645. The molecule has 0 bridgehead atoms. The minimum Gasteiger partial charge on any atom is -0.398 e. The van der Waals surface area contributed by atoms with Crippen molar-refractivity contribution < 1.29 is 13.5 Å². The van der Waals surface area contributed by atoms with E-state index in [1.54, 1.807) is 19.9 Å². The van der Waals surface area contributed by atoms with Gasteiger partial charge in [-0.05, 0) is 37.5 Å². The first-order chi connectivity index (χ1) is 8.23. The van der Waals surface area contributed by atoms with E-state index >= 15 is 0 Å². The number of hydrogen-bond acceptors (Lipinski definition) is 4. The highest BCUT2D eigenvalue weighted by Crippen LogP contribution is 2.29. The average Bonchev–Trinajstić information content (AvgIpc) is 2.26. The molecule has 0 heterocycles. The Morgan fingerprint density at radius 1 is 1.28 bits per heavy atom. The monoisotopic (exact) mass is 272 g/mol. The molecule has 5 nitrogen and oxygen atoms in total. The number of nitrogen functional groups attached to an aromatic ring is 1. The van der Waals surface area contributed by atoms with Gasteiger partial charge in [0, 0.05) is 19.3 Å². The third-order valence-electron chi connectivity index (χ3n) is 3.04. The van der Waals surface area contributed by atoms with Crippen LogP contribution in [-0.4, -0.2) is 38.0 Å². The summed E-state index contributed by atoms with van der Waals surface area (Å²) >= 11 is 0. The van der Waals surface area contributed by atoms with Crippen molar-refractivity contribution in [2.75, 3.05) is 25.9 Å². The maximum atomic E-state index is 12.4. The van der Waals surface area contributed by atoms with E-state index in [9.17, 15) is 8.42 Å². The number of aliphatic hydroxyl groups is 1. The van der Waals surface area contributed by atoms with Crippen LogP contribution in [0.1, 0.15) is 16.7 Å². The molecule has 0 unspecified atom stereocenters. The summed E-state index contributed by atoms with van der Waals surface area (Å²) in [6, 6.07) is 1.77. The van der Waals surface area contributed by atoms with Gasteiger partial charge in [0.05, 0.1) is 11.5 Å². The van der Waals surface area contributed by atoms with Crippen molar-refractivity contribution in [3.63, 3.8) is 0 Å². The second-order valence-electron chi connectivity index (χ2n) is 4.43. The zero-order valence-corrected chi connectivity index (χ0v) is 12.0. The lowest BCUT2D eigenvalue weighted by Gasteiger charge is -2.20. The van der Waals surface area contributed by atoms with Crippen LogP contribution >= 0.6 is 0 Å². The molecule has 102 valence electrons. The summed E-state index contributed by atoms with van der Waals surface area (Å²) in [5.41, 5.74) is 8.49. The van der Waals surface area contributed by atoms with Crippen molar-refractivity contribution in [1.82, 2.24) is 4.31 Å². The standard InChI is InChI=1S/C12H20N2O3S/c1-8-7-9(2)12(10(3)11(8)13)18(16,17)14(4)5-6-15/h7,15H,5-6,13H2,1-4H3. The van der Waals surface area contributed by atoms with Gasteiger partial charge >= 0.3 is 0 Å². The molecule has 0 aromatic heterocycles. The van der Waals surface area contributed by atoms with Gasteiger partial charge in [-0.2, -0.15) is 4.31 Å². The van der Waals surface area contributed by atoms with Crippen molar-refractivity contribution >= 4 is 15.7 Å². The van der Waals surface area contributed by atoms with Gasteiger partial charge in [0.2, 0.25) is 10.0 Å². The van der Waals surface area contributed by atoms with Crippen molar-refractivity contribution in [2.24, 2.45) is 0 Å². The van der Waals surface area contributed by atoms with E-state index in [0.717, 1.165) is 9.87 Å². The number of likely N-dealkylation sites (N-methyl/N-ethyl adjacent to an activating group) is 1. The van der Waals surface area contributed by atoms with Crippen LogP contribution < -0.4 is 5.73 Å². The van der Waals surface area contributed by atoms with Gasteiger partial charge in [0.25, 0.3) is 0 Å². The number of anilines is 1. The first kappa shape index (κ1) is 14.9. The largest absolute Gasteiger partial charge is 0.398 e. The van der Waals surface area contributed by atoms with Crippen LogP contribution in [0.5, 0.6) is 0 Å². The maximum Gasteiger partial charge on any atom is 0.243 e. The van der Waals surface area contributed by atoms with Gasteiger partial charge in [0.1, 0.15) is 0 Å². The Bertz CT molecular complexity index is 553. The molecule has 1 aromatic carbocycles. The number of hydrogen-bond donors (Lipinski definition) is 2. The smallest absolute Gasteiger partial charge is 0.243 e. The third kappa shape index (κ3) is 2.50. The fourth-order valence-electron chi connectivity index (χ4n) is 2.00. The fourth-order valence-corrected chi connectivity index (χ4v) is 3.59. The Labute approximate surface area is 108 Å². The van der Waals surface area contributed by atoms with Crippen LogP contribution in [0.2, 0.25) is 0 Å². The molecular weight excluding hydrogens is 252 g/mol. The topological polar surface area (TPSA) is 83.6 Å². The predicted molar refractivity (Wildman–Crippen MR) is 72.0 cm³/mol. The number of nitrogens with zero attached hydrogens (tertiary/aromatic N) is 1. The lowest BCUT2D eigenvalue weighted by molar-refractivity contribution is 0.266. The number of sulfonamides is 1. The number of aliphatic hydroxyl groups excluding tert-OH is 1. The lowest BCUT2D eigenvalue weighted by atomic mass is 10.1. The van der Waals surface area contributed by atoms with Crippen LogP contribution in [0.4, 0.5) is 5.69 Å². The second-order valence-corrected chi connectivity index (χ2v) is 6.41. The number of rotatable bonds is 4. The summed E-state index contributed by atoms with van der Waals surface area (Å²) in [6.07, 6.45) is 0. The summed E-state index contributed by atoms with van der Waals surface area (Å²) in [5, 5.41) is 8.85. The summed E-state index contributed by atoms with van der Waals surface area (Å²) in [5.74, 6) is 0. The quantitative estimate of drug-likeness (QED) is 0.794. The third-order valence-corrected chi connectivity index (χ3v) is 5.19. The Morgan fingerprint density at radius 3 is 2.33 bits per heavy atom. The summed E-state index contributed by atoms with van der Waals surface area (Å²) in [7, 11) is -2.16. The van der Waals surface area contributed by atoms with Gasteiger partial charge in [-0.15, -0.1) is 0 Å². The second kappa shape index (κ2) is 5.26. The molecule has 0 saturated carbocycles. The fraction of sp³-hybridized carbons (Fsp3) is 0.500. The molecule has 1 rings (SSSR count). The van der Waals surface area contributed by atoms with Crippen LogP contribution in [0.15, 0.2) is 11.0 Å². The SMILES string of the molecule is Cc1cc(C)c(S(=O)(=O)N(C)CCO)c(C)c1N. The molecule has 18 heavy (non-hydrogen) atoms. The van der Waals surface area contributed by atoms with E-state index in [0.29, 0.717) is 16.8 Å². The van der Waals surface area contributed by atoms with E-state index in [1.165, 1.54) is 7.05 Å². The molecule has 0 fully saturated rings. The van der Waals surface area contributed by atoms with Gasteiger partial charge in [0.15, 0.2) is 0 Å². The van der Waals surface area contributed by atoms with Crippen LogP contribution in [0.25, 0.3) is 0 Å². The molecule has 0 saturated heterocycles. The van der Waals surface area contributed by atoms with E-state index < -0.39 is 10.0 Å². The van der Waals surface area contributed by atoms with Crippen LogP contribution in [-0.2, 0) is 10.0 Å². The Hall–Kier alpha value is -1.11. The maximum absolute atomic E-state index is 12.4. The van der Waals surface area contributed by atoms with E-state index in [4.69, 9.17) is 10.8 Å². The van der Waals surface area contributed by atoms with E-state index in [-0.39, 0.29) is 18.0 Å². The van der Waals surface area contributed by atoms with E-state index in [1.807, 2.05) is 6.92 Å². The van der Waals surface area contributed by atoms with Gasteiger partial charge in [-0.3, -0.25) is 0 Å². The van der Waals surface area contributed by atoms with E-state index in [2.05, 4.69) is 0 Å². The highest BCUT2D eigenvalue weighted by atomic mass is 32.2. The number of nitrogens with two attached hydrogens (primary N) is 1. The summed E-state index contributed by atoms with van der Waals surface area (Å²) < 4.78 is 25.9. The van der Waals surface area contributed by atoms with Crippen LogP contribution in [0, 0.1) is 20.8 Å². The summed E-state index contributed by atoms with van der Waals surface area (Å²) in [4.78, 5) is 0.238. The average molecular weight is 272 g/mol. The molecular formula is C12H20N2O3S. The number of aryl methyl sites for hydroxylation is 2. The molecule has 0 spiro atoms.